The number of hydrogen-bond acceptors (Lipinski definition) is 3. The summed E-state index contributed by atoms with van der Waals surface area (Å²) >= 11 is 4.88. The number of benzene rings is 2. The zero-order chi connectivity index (χ0) is 15.2. The second kappa shape index (κ2) is 6.85. The highest BCUT2D eigenvalue weighted by molar-refractivity contribution is 7.80. The topological polar surface area (TPSA) is 64.3 Å². The highest BCUT2D eigenvalue weighted by Crippen LogP contribution is 2.14. The molecule has 0 unspecified atom stereocenters. The van der Waals surface area contributed by atoms with E-state index in [0.29, 0.717) is 10.7 Å². The molecule has 108 valence electrons. The highest BCUT2D eigenvalue weighted by atomic mass is 32.1. The van der Waals surface area contributed by atoms with Crippen molar-refractivity contribution >= 4 is 28.8 Å². The Morgan fingerprint density at radius 1 is 1.24 bits per heavy atom. The molecule has 0 saturated carbocycles. The normalized spacial score (nSPS) is 9.95. The van der Waals surface area contributed by atoms with Crippen molar-refractivity contribution in [2.45, 2.75) is 6.42 Å². The Morgan fingerprint density at radius 3 is 2.57 bits per heavy atom. The first-order valence-electron chi connectivity index (χ1n) is 6.41. The molecular formula is C16H16N2O2S. The van der Waals surface area contributed by atoms with Crippen molar-refractivity contribution < 1.29 is 9.53 Å². The molecular weight excluding hydrogens is 284 g/mol. The van der Waals surface area contributed by atoms with Crippen molar-refractivity contribution in [2.75, 3.05) is 12.4 Å². The summed E-state index contributed by atoms with van der Waals surface area (Å²) in [5.41, 5.74) is 7.91. The molecule has 0 bridgehead atoms. The molecule has 0 radical (unpaired) electrons. The summed E-state index contributed by atoms with van der Waals surface area (Å²) in [6, 6.07) is 14.5. The van der Waals surface area contributed by atoms with Crippen LogP contribution in [0.25, 0.3) is 0 Å². The van der Waals surface area contributed by atoms with E-state index in [1.54, 1.807) is 31.4 Å². The molecule has 3 N–H and O–H groups in total. The third-order valence-corrected chi connectivity index (χ3v) is 3.19. The monoisotopic (exact) mass is 300 g/mol. The van der Waals surface area contributed by atoms with Gasteiger partial charge in [-0.1, -0.05) is 24.4 Å². The number of ether oxygens (including phenoxy) is 1. The third kappa shape index (κ3) is 4.29. The average molecular weight is 300 g/mol. The van der Waals surface area contributed by atoms with E-state index in [1.807, 2.05) is 24.3 Å². The van der Waals surface area contributed by atoms with Crippen molar-refractivity contribution in [1.29, 1.82) is 0 Å². The fourth-order valence-electron chi connectivity index (χ4n) is 1.89. The molecule has 5 heteroatoms. The molecule has 0 saturated heterocycles. The molecule has 0 aliphatic rings. The molecule has 0 fully saturated rings. The molecule has 0 aliphatic heterocycles. The van der Waals surface area contributed by atoms with Crippen LogP contribution in [0.3, 0.4) is 0 Å². The second-order valence-electron chi connectivity index (χ2n) is 4.52. The summed E-state index contributed by atoms with van der Waals surface area (Å²) < 4.78 is 5.13. The molecule has 1 amide bonds. The van der Waals surface area contributed by atoms with Crippen LogP contribution in [0.15, 0.2) is 48.5 Å². The van der Waals surface area contributed by atoms with E-state index in [-0.39, 0.29) is 12.3 Å². The standard InChI is InChI=1S/C16H16N2O2S/c1-20-14-4-2-3-11(9-14)10-15(19)18-13-7-5-12(6-8-13)16(17)21/h2-9H,10H2,1H3,(H2,17,21)(H,18,19). The summed E-state index contributed by atoms with van der Waals surface area (Å²) in [7, 11) is 1.60. The van der Waals surface area contributed by atoms with Crippen molar-refractivity contribution in [1.82, 2.24) is 0 Å². The van der Waals surface area contributed by atoms with Gasteiger partial charge in [0.25, 0.3) is 0 Å². The predicted molar refractivity (Wildman–Crippen MR) is 87.7 cm³/mol. The smallest absolute Gasteiger partial charge is 0.228 e. The molecule has 2 aromatic carbocycles. The number of hydrogen-bond donors (Lipinski definition) is 2. The summed E-state index contributed by atoms with van der Waals surface area (Å²) in [5.74, 6) is 0.646. The zero-order valence-corrected chi connectivity index (χ0v) is 12.4. The summed E-state index contributed by atoms with van der Waals surface area (Å²) in [5, 5.41) is 2.83. The van der Waals surface area contributed by atoms with Gasteiger partial charge in [-0.05, 0) is 42.0 Å². The third-order valence-electron chi connectivity index (χ3n) is 2.95. The van der Waals surface area contributed by atoms with Crippen LogP contribution in [0.5, 0.6) is 5.75 Å². The first-order chi connectivity index (χ1) is 10.1. The molecule has 4 nitrogen and oxygen atoms in total. The average Bonchev–Trinajstić information content (AvgIpc) is 2.47. The maximum atomic E-state index is 12.0. The van der Waals surface area contributed by atoms with Gasteiger partial charge in [0.1, 0.15) is 10.7 Å². The maximum Gasteiger partial charge on any atom is 0.228 e. The minimum absolute atomic E-state index is 0.0914. The van der Waals surface area contributed by atoms with Crippen LogP contribution in [0.4, 0.5) is 5.69 Å². The Morgan fingerprint density at radius 2 is 1.95 bits per heavy atom. The van der Waals surface area contributed by atoms with Crippen molar-refractivity contribution in [2.24, 2.45) is 5.73 Å². The fraction of sp³-hybridized carbons (Fsp3) is 0.125. The van der Waals surface area contributed by atoms with Crippen molar-refractivity contribution in [3.63, 3.8) is 0 Å². The van der Waals surface area contributed by atoms with Crippen molar-refractivity contribution in [3.8, 4) is 5.75 Å². The second-order valence-corrected chi connectivity index (χ2v) is 4.96. The lowest BCUT2D eigenvalue weighted by atomic mass is 10.1. The summed E-state index contributed by atoms with van der Waals surface area (Å²) in [6.07, 6.45) is 0.286. The zero-order valence-electron chi connectivity index (χ0n) is 11.6. The van der Waals surface area contributed by atoms with Gasteiger partial charge >= 0.3 is 0 Å². The molecule has 0 aliphatic carbocycles. The van der Waals surface area contributed by atoms with Crippen LogP contribution < -0.4 is 15.8 Å². The van der Waals surface area contributed by atoms with Crippen LogP contribution in [-0.4, -0.2) is 18.0 Å². The van der Waals surface area contributed by atoms with Crippen LogP contribution >= 0.6 is 12.2 Å². The van der Waals surface area contributed by atoms with E-state index in [2.05, 4.69) is 5.32 Å². The number of carbonyl (C=O) groups is 1. The lowest BCUT2D eigenvalue weighted by Gasteiger charge is -2.07. The summed E-state index contributed by atoms with van der Waals surface area (Å²) in [6.45, 7) is 0. The molecule has 0 aromatic heterocycles. The van der Waals surface area contributed by atoms with E-state index in [4.69, 9.17) is 22.7 Å². The van der Waals surface area contributed by atoms with Gasteiger partial charge < -0.3 is 15.8 Å². The SMILES string of the molecule is COc1cccc(CC(=O)Nc2ccc(C(N)=S)cc2)c1. The van der Waals surface area contributed by atoms with Gasteiger partial charge in [0.2, 0.25) is 5.91 Å². The lowest BCUT2D eigenvalue weighted by Crippen LogP contribution is -2.15. The number of nitrogens with one attached hydrogen (secondary N) is 1. The summed E-state index contributed by atoms with van der Waals surface area (Å²) in [4.78, 5) is 12.3. The Balaban J connectivity index is 1.99. The minimum atomic E-state index is -0.0914. The minimum Gasteiger partial charge on any atom is -0.497 e. The van der Waals surface area contributed by atoms with E-state index in [0.717, 1.165) is 16.9 Å². The Kier molecular flexibility index (Phi) is 4.90. The van der Waals surface area contributed by atoms with Gasteiger partial charge in [-0.2, -0.15) is 0 Å². The molecule has 0 atom stereocenters. The predicted octanol–water partition coefficient (Wildman–Crippen LogP) is 2.51. The number of anilines is 1. The largest absolute Gasteiger partial charge is 0.497 e. The van der Waals surface area contributed by atoms with E-state index in [1.165, 1.54) is 0 Å². The van der Waals surface area contributed by atoms with Gasteiger partial charge in [-0.3, -0.25) is 4.79 Å². The van der Waals surface area contributed by atoms with Crippen molar-refractivity contribution in [3.05, 3.63) is 59.7 Å². The van der Waals surface area contributed by atoms with E-state index >= 15 is 0 Å². The number of methoxy groups -OCH3 is 1. The molecule has 0 heterocycles. The first kappa shape index (κ1) is 15.0. The molecule has 21 heavy (non-hydrogen) atoms. The van der Waals surface area contributed by atoms with Gasteiger partial charge in [0, 0.05) is 11.3 Å². The molecule has 0 spiro atoms. The Hall–Kier alpha value is -2.40. The van der Waals surface area contributed by atoms with Crippen LogP contribution in [0, 0.1) is 0 Å². The molecule has 2 rings (SSSR count). The maximum absolute atomic E-state index is 12.0. The Labute approximate surface area is 128 Å². The van der Waals surface area contributed by atoms with Gasteiger partial charge in [-0.15, -0.1) is 0 Å². The van der Waals surface area contributed by atoms with Gasteiger partial charge in [0.15, 0.2) is 0 Å². The number of thiocarbonyl (C=S) groups is 1. The Bertz CT molecular complexity index is 654. The first-order valence-corrected chi connectivity index (χ1v) is 6.82. The number of amides is 1. The lowest BCUT2D eigenvalue weighted by molar-refractivity contribution is -0.115. The molecule has 2 aromatic rings. The van der Waals surface area contributed by atoms with Crippen LogP contribution in [0.1, 0.15) is 11.1 Å². The van der Waals surface area contributed by atoms with E-state index < -0.39 is 0 Å². The number of rotatable bonds is 5. The van der Waals surface area contributed by atoms with Gasteiger partial charge in [0.05, 0.1) is 13.5 Å². The number of nitrogens with two attached hydrogens (primary N) is 1. The van der Waals surface area contributed by atoms with E-state index in [9.17, 15) is 4.79 Å². The van der Waals surface area contributed by atoms with Crippen LogP contribution in [0.2, 0.25) is 0 Å². The highest BCUT2D eigenvalue weighted by Gasteiger charge is 2.05. The quantitative estimate of drug-likeness (QED) is 0.833. The van der Waals surface area contributed by atoms with Gasteiger partial charge in [-0.25, -0.2) is 0 Å². The van der Waals surface area contributed by atoms with Crippen LogP contribution in [-0.2, 0) is 11.2 Å². The number of carbonyl (C=O) groups excluding carboxylic acids is 1. The fourth-order valence-corrected chi connectivity index (χ4v) is 2.03.